The molecule has 0 bridgehead atoms. The minimum Gasteiger partial charge on any atom is -0.481 e. The van der Waals surface area contributed by atoms with E-state index in [4.69, 9.17) is 5.11 Å². The van der Waals surface area contributed by atoms with Gasteiger partial charge in [0, 0.05) is 6.54 Å². The van der Waals surface area contributed by atoms with Gasteiger partial charge in [0.1, 0.15) is 0 Å². The van der Waals surface area contributed by atoms with Gasteiger partial charge in [-0.3, -0.25) is 9.36 Å². The van der Waals surface area contributed by atoms with Crippen molar-refractivity contribution in [3.63, 3.8) is 0 Å². The summed E-state index contributed by atoms with van der Waals surface area (Å²) in [5.74, 6) is -1.02. The van der Waals surface area contributed by atoms with Crippen LogP contribution >= 0.6 is 11.8 Å². The average molecular weight is 288 g/mol. The summed E-state index contributed by atoms with van der Waals surface area (Å²) in [6.45, 7) is 7.62. The Labute approximate surface area is 116 Å². The standard InChI is InChI=1S/C11H20N4O3S/c1-3-14(4-2)6-5-7-15-10(18)12-13-11(15)19-8-9(16)17/h3-8H2,1-2H3,(H,12,18)(H,16,17). The van der Waals surface area contributed by atoms with Gasteiger partial charge in [0.25, 0.3) is 0 Å². The number of hydrogen-bond acceptors (Lipinski definition) is 5. The molecule has 1 aromatic heterocycles. The summed E-state index contributed by atoms with van der Waals surface area (Å²) >= 11 is 1.05. The monoisotopic (exact) mass is 288 g/mol. The summed E-state index contributed by atoms with van der Waals surface area (Å²) < 4.78 is 1.50. The highest BCUT2D eigenvalue weighted by atomic mass is 32.2. The van der Waals surface area contributed by atoms with Gasteiger partial charge in [-0.1, -0.05) is 25.6 Å². The summed E-state index contributed by atoms with van der Waals surface area (Å²) in [7, 11) is 0. The zero-order valence-corrected chi connectivity index (χ0v) is 12.1. The van der Waals surface area contributed by atoms with Crippen LogP contribution in [-0.2, 0) is 11.3 Å². The van der Waals surface area contributed by atoms with Crippen LogP contribution in [0.25, 0.3) is 0 Å². The summed E-state index contributed by atoms with van der Waals surface area (Å²) in [4.78, 5) is 24.4. The Balaban J connectivity index is 2.54. The van der Waals surface area contributed by atoms with E-state index in [2.05, 4.69) is 28.9 Å². The fourth-order valence-electron chi connectivity index (χ4n) is 1.73. The molecule has 0 atom stereocenters. The van der Waals surface area contributed by atoms with Crippen molar-refractivity contribution in [1.29, 1.82) is 0 Å². The summed E-state index contributed by atoms with van der Waals surface area (Å²) in [6, 6.07) is 0. The number of carboxylic acids is 1. The summed E-state index contributed by atoms with van der Waals surface area (Å²) in [5, 5.41) is 15.3. The van der Waals surface area contributed by atoms with Gasteiger partial charge in [-0.25, -0.2) is 9.89 Å². The van der Waals surface area contributed by atoms with Crippen molar-refractivity contribution >= 4 is 17.7 Å². The lowest BCUT2D eigenvalue weighted by Crippen LogP contribution is -2.26. The van der Waals surface area contributed by atoms with Crippen molar-refractivity contribution in [3.8, 4) is 0 Å². The molecule has 108 valence electrons. The third kappa shape index (κ3) is 5.07. The normalized spacial score (nSPS) is 11.1. The molecule has 0 aliphatic carbocycles. The van der Waals surface area contributed by atoms with Gasteiger partial charge in [-0.15, -0.1) is 5.10 Å². The van der Waals surface area contributed by atoms with Crippen molar-refractivity contribution in [2.45, 2.75) is 32.0 Å². The van der Waals surface area contributed by atoms with Crippen molar-refractivity contribution in [2.75, 3.05) is 25.4 Å². The predicted octanol–water partition coefficient (Wildman–Crippen LogP) is 0.480. The molecule has 1 heterocycles. The first-order chi connectivity index (χ1) is 9.08. The molecule has 0 amide bonds. The van der Waals surface area contributed by atoms with Crippen LogP contribution in [0.2, 0.25) is 0 Å². The maximum absolute atomic E-state index is 11.6. The lowest BCUT2D eigenvalue weighted by atomic mass is 10.3. The second-order valence-corrected chi connectivity index (χ2v) is 4.97. The van der Waals surface area contributed by atoms with E-state index >= 15 is 0 Å². The van der Waals surface area contributed by atoms with E-state index in [9.17, 15) is 9.59 Å². The smallest absolute Gasteiger partial charge is 0.343 e. The zero-order chi connectivity index (χ0) is 14.3. The van der Waals surface area contributed by atoms with Crippen LogP contribution < -0.4 is 5.69 Å². The number of aliphatic carboxylic acids is 1. The first-order valence-corrected chi connectivity index (χ1v) is 7.29. The Morgan fingerprint density at radius 3 is 2.74 bits per heavy atom. The zero-order valence-electron chi connectivity index (χ0n) is 11.3. The molecule has 0 saturated heterocycles. The Morgan fingerprint density at radius 1 is 1.47 bits per heavy atom. The average Bonchev–Trinajstić information content (AvgIpc) is 2.73. The SMILES string of the molecule is CCN(CC)CCCn1c(SCC(=O)O)n[nH]c1=O. The van der Waals surface area contributed by atoms with E-state index in [1.807, 2.05) is 0 Å². The molecule has 0 unspecified atom stereocenters. The minimum absolute atomic E-state index is 0.0969. The van der Waals surface area contributed by atoms with E-state index in [0.717, 1.165) is 37.8 Å². The van der Waals surface area contributed by atoms with E-state index in [1.165, 1.54) is 4.57 Å². The molecule has 19 heavy (non-hydrogen) atoms. The Hall–Kier alpha value is -1.28. The van der Waals surface area contributed by atoms with Gasteiger partial charge >= 0.3 is 11.7 Å². The first-order valence-electron chi connectivity index (χ1n) is 6.30. The van der Waals surface area contributed by atoms with Crippen molar-refractivity contribution in [3.05, 3.63) is 10.5 Å². The number of nitrogens with zero attached hydrogens (tertiary/aromatic N) is 3. The molecule has 0 aliphatic heterocycles. The number of aromatic nitrogens is 3. The predicted molar refractivity (Wildman–Crippen MR) is 73.6 cm³/mol. The molecule has 8 heteroatoms. The molecule has 1 aromatic rings. The second kappa shape index (κ2) is 8.00. The number of carbonyl (C=O) groups is 1. The van der Waals surface area contributed by atoms with E-state index < -0.39 is 5.97 Å². The molecule has 0 aromatic carbocycles. The third-order valence-corrected chi connectivity index (χ3v) is 3.76. The molecule has 0 spiro atoms. The lowest BCUT2D eigenvalue weighted by molar-refractivity contribution is -0.133. The van der Waals surface area contributed by atoms with Gasteiger partial charge in [-0.05, 0) is 26.1 Å². The molecule has 0 aliphatic rings. The fraction of sp³-hybridized carbons (Fsp3) is 0.727. The Bertz CT molecular complexity index is 453. The summed E-state index contributed by atoms with van der Waals surface area (Å²) in [6.07, 6.45) is 0.835. The fourth-order valence-corrected chi connectivity index (χ4v) is 2.42. The quantitative estimate of drug-likeness (QED) is 0.642. The Kier molecular flexibility index (Phi) is 6.65. The molecule has 7 nitrogen and oxygen atoms in total. The van der Waals surface area contributed by atoms with Crippen LogP contribution in [0.15, 0.2) is 9.95 Å². The van der Waals surface area contributed by atoms with Crippen LogP contribution in [-0.4, -0.2) is 56.1 Å². The van der Waals surface area contributed by atoms with Crippen LogP contribution in [0.1, 0.15) is 20.3 Å². The number of aromatic amines is 1. The van der Waals surface area contributed by atoms with Gasteiger partial charge in [-0.2, -0.15) is 0 Å². The molecular weight excluding hydrogens is 268 g/mol. The summed E-state index contributed by atoms with van der Waals surface area (Å²) in [5.41, 5.74) is -0.285. The highest BCUT2D eigenvalue weighted by Gasteiger charge is 2.10. The van der Waals surface area contributed by atoms with Crippen molar-refractivity contribution < 1.29 is 9.90 Å². The van der Waals surface area contributed by atoms with Gasteiger partial charge in [0.2, 0.25) is 0 Å². The maximum atomic E-state index is 11.6. The molecule has 1 rings (SSSR count). The largest absolute Gasteiger partial charge is 0.481 e. The Morgan fingerprint density at radius 2 is 2.16 bits per heavy atom. The van der Waals surface area contributed by atoms with Gasteiger partial charge < -0.3 is 10.0 Å². The minimum atomic E-state index is -0.921. The van der Waals surface area contributed by atoms with Crippen LogP contribution in [0.5, 0.6) is 0 Å². The van der Waals surface area contributed by atoms with Crippen LogP contribution in [0.3, 0.4) is 0 Å². The number of hydrogen-bond donors (Lipinski definition) is 2. The van der Waals surface area contributed by atoms with E-state index in [1.54, 1.807) is 0 Å². The number of carboxylic acid groups (broad SMARTS) is 1. The van der Waals surface area contributed by atoms with Crippen molar-refractivity contribution in [2.24, 2.45) is 0 Å². The molecule has 0 saturated carbocycles. The maximum Gasteiger partial charge on any atom is 0.343 e. The van der Waals surface area contributed by atoms with Crippen molar-refractivity contribution in [1.82, 2.24) is 19.7 Å². The third-order valence-electron chi connectivity index (χ3n) is 2.80. The number of H-pyrrole nitrogens is 1. The van der Waals surface area contributed by atoms with E-state index in [-0.39, 0.29) is 11.4 Å². The number of rotatable bonds is 9. The highest BCUT2D eigenvalue weighted by Crippen LogP contribution is 2.12. The number of nitrogens with one attached hydrogen (secondary N) is 1. The topological polar surface area (TPSA) is 91.2 Å². The first kappa shape index (κ1) is 15.8. The van der Waals surface area contributed by atoms with E-state index in [0.29, 0.717) is 11.7 Å². The molecule has 0 fully saturated rings. The highest BCUT2D eigenvalue weighted by molar-refractivity contribution is 7.99. The van der Waals surface area contributed by atoms with Gasteiger partial charge in [0.05, 0.1) is 5.75 Å². The van der Waals surface area contributed by atoms with Gasteiger partial charge in [0.15, 0.2) is 5.16 Å². The van der Waals surface area contributed by atoms with Crippen LogP contribution in [0, 0.1) is 0 Å². The lowest BCUT2D eigenvalue weighted by Gasteiger charge is -2.17. The second-order valence-electron chi connectivity index (χ2n) is 4.03. The molecule has 0 radical (unpaired) electrons. The number of thioether (sulfide) groups is 1. The van der Waals surface area contributed by atoms with Crippen LogP contribution in [0.4, 0.5) is 0 Å². The molecule has 2 N–H and O–H groups in total. The molecular formula is C11H20N4O3S.